The van der Waals surface area contributed by atoms with E-state index in [-0.39, 0.29) is 0 Å². The Hall–Kier alpha value is -1.81. The number of anilines is 2. The monoisotopic (exact) mass is 288 g/mol. The fourth-order valence-corrected chi connectivity index (χ4v) is 2.73. The van der Waals surface area contributed by atoms with Crippen LogP contribution in [0.4, 0.5) is 11.8 Å². The maximum absolute atomic E-state index is 6.23. The molecule has 2 aromatic rings. The molecule has 2 N–H and O–H groups in total. The topological polar surface area (TPSA) is 55.0 Å². The first kappa shape index (κ1) is 13.2. The maximum atomic E-state index is 6.23. The number of hydrogen-bond acceptors (Lipinski definition) is 4. The standard InChI is InChI=1S/C15H17ClN4/c16-12-7-3-2-6-11(12)13-10-14(17)19-15(18-13)20-8-4-1-5-9-20/h2-3,6-7,10H,1,4-5,8-9H2,(H2,17,18,19). The van der Waals surface area contributed by atoms with Crippen molar-refractivity contribution in [1.29, 1.82) is 0 Å². The van der Waals surface area contributed by atoms with Gasteiger partial charge < -0.3 is 10.6 Å². The van der Waals surface area contributed by atoms with E-state index in [0.717, 1.165) is 24.3 Å². The van der Waals surface area contributed by atoms with Gasteiger partial charge in [0.2, 0.25) is 5.95 Å². The first-order valence-corrected chi connectivity index (χ1v) is 7.26. The summed E-state index contributed by atoms with van der Waals surface area (Å²) in [5.74, 6) is 1.19. The van der Waals surface area contributed by atoms with E-state index < -0.39 is 0 Å². The van der Waals surface area contributed by atoms with E-state index in [4.69, 9.17) is 17.3 Å². The lowest BCUT2D eigenvalue weighted by atomic mass is 10.1. The minimum Gasteiger partial charge on any atom is -0.384 e. The van der Waals surface area contributed by atoms with E-state index in [1.165, 1.54) is 19.3 Å². The average molecular weight is 289 g/mol. The molecule has 0 atom stereocenters. The van der Waals surface area contributed by atoms with Crippen LogP contribution in [0.1, 0.15) is 19.3 Å². The Morgan fingerprint density at radius 1 is 1.05 bits per heavy atom. The number of rotatable bonds is 2. The highest BCUT2D eigenvalue weighted by molar-refractivity contribution is 6.33. The Morgan fingerprint density at radius 2 is 1.80 bits per heavy atom. The number of nitrogens with zero attached hydrogens (tertiary/aromatic N) is 3. The zero-order valence-corrected chi connectivity index (χ0v) is 12.0. The zero-order valence-electron chi connectivity index (χ0n) is 11.2. The summed E-state index contributed by atoms with van der Waals surface area (Å²) in [5, 5.41) is 0.676. The predicted octanol–water partition coefficient (Wildman–Crippen LogP) is 3.37. The summed E-state index contributed by atoms with van der Waals surface area (Å²) in [7, 11) is 0. The van der Waals surface area contributed by atoms with Gasteiger partial charge in [-0.25, -0.2) is 4.98 Å². The summed E-state index contributed by atoms with van der Waals surface area (Å²) in [6.45, 7) is 1.98. The molecule has 4 nitrogen and oxygen atoms in total. The van der Waals surface area contributed by atoms with Gasteiger partial charge in [-0.05, 0) is 25.3 Å². The van der Waals surface area contributed by atoms with E-state index in [0.29, 0.717) is 16.8 Å². The fraction of sp³-hybridized carbons (Fsp3) is 0.333. The summed E-state index contributed by atoms with van der Waals surface area (Å²) < 4.78 is 0. The van der Waals surface area contributed by atoms with Crippen molar-refractivity contribution in [3.8, 4) is 11.3 Å². The number of benzene rings is 1. The van der Waals surface area contributed by atoms with Crippen LogP contribution in [-0.4, -0.2) is 23.1 Å². The van der Waals surface area contributed by atoms with Gasteiger partial charge >= 0.3 is 0 Å². The van der Waals surface area contributed by atoms with E-state index in [1.54, 1.807) is 6.07 Å². The van der Waals surface area contributed by atoms with Gasteiger partial charge in [0.05, 0.1) is 5.69 Å². The van der Waals surface area contributed by atoms with Crippen molar-refractivity contribution < 1.29 is 0 Å². The largest absolute Gasteiger partial charge is 0.384 e. The van der Waals surface area contributed by atoms with Gasteiger partial charge in [0.25, 0.3) is 0 Å². The zero-order chi connectivity index (χ0) is 13.9. The van der Waals surface area contributed by atoms with Crippen LogP contribution in [-0.2, 0) is 0 Å². The molecule has 1 aromatic carbocycles. The minimum absolute atomic E-state index is 0.482. The summed E-state index contributed by atoms with van der Waals surface area (Å²) in [4.78, 5) is 11.2. The molecule has 0 radical (unpaired) electrons. The molecule has 0 amide bonds. The number of piperidine rings is 1. The van der Waals surface area contributed by atoms with Gasteiger partial charge in [0.15, 0.2) is 0 Å². The number of nitrogen functional groups attached to an aromatic ring is 1. The molecule has 1 aliphatic heterocycles. The lowest BCUT2D eigenvalue weighted by molar-refractivity contribution is 0.568. The van der Waals surface area contributed by atoms with Crippen LogP contribution in [0.3, 0.4) is 0 Å². The summed E-state index contributed by atoms with van der Waals surface area (Å²) in [6.07, 6.45) is 3.63. The van der Waals surface area contributed by atoms with Crippen molar-refractivity contribution in [1.82, 2.24) is 9.97 Å². The lowest BCUT2D eigenvalue weighted by Gasteiger charge is -2.27. The van der Waals surface area contributed by atoms with Crippen molar-refractivity contribution in [2.24, 2.45) is 0 Å². The molecule has 0 unspecified atom stereocenters. The van der Waals surface area contributed by atoms with Crippen molar-refractivity contribution in [2.45, 2.75) is 19.3 Å². The molecule has 104 valence electrons. The van der Waals surface area contributed by atoms with Gasteiger partial charge in [0, 0.05) is 29.7 Å². The number of hydrogen-bond donors (Lipinski definition) is 1. The molecule has 0 bridgehead atoms. The normalized spacial score (nSPS) is 15.3. The molecular weight excluding hydrogens is 272 g/mol. The molecule has 0 aliphatic carbocycles. The average Bonchev–Trinajstić information content (AvgIpc) is 2.48. The highest BCUT2D eigenvalue weighted by atomic mass is 35.5. The Morgan fingerprint density at radius 3 is 2.55 bits per heavy atom. The molecule has 1 aliphatic rings. The molecule has 3 rings (SSSR count). The van der Waals surface area contributed by atoms with E-state index >= 15 is 0 Å². The Kier molecular flexibility index (Phi) is 3.74. The third-order valence-electron chi connectivity index (χ3n) is 3.52. The lowest BCUT2D eigenvalue weighted by Crippen LogP contribution is -2.31. The smallest absolute Gasteiger partial charge is 0.227 e. The quantitative estimate of drug-likeness (QED) is 0.920. The summed E-state index contributed by atoms with van der Waals surface area (Å²) in [6, 6.07) is 9.43. The van der Waals surface area contributed by atoms with E-state index in [1.807, 2.05) is 24.3 Å². The SMILES string of the molecule is Nc1cc(-c2ccccc2Cl)nc(N2CCCCC2)n1. The third kappa shape index (κ3) is 2.70. The molecule has 1 fully saturated rings. The van der Waals surface area contributed by atoms with E-state index in [9.17, 15) is 0 Å². The predicted molar refractivity (Wildman–Crippen MR) is 83.0 cm³/mol. The number of nitrogens with two attached hydrogens (primary N) is 1. The highest BCUT2D eigenvalue weighted by Crippen LogP contribution is 2.28. The van der Waals surface area contributed by atoms with Crippen molar-refractivity contribution in [2.75, 3.05) is 23.7 Å². The molecule has 1 aromatic heterocycles. The summed E-state index contributed by atoms with van der Waals surface area (Å²) in [5.41, 5.74) is 7.60. The van der Waals surface area contributed by atoms with Gasteiger partial charge in [0.1, 0.15) is 5.82 Å². The van der Waals surface area contributed by atoms with Gasteiger partial charge in [-0.3, -0.25) is 0 Å². The highest BCUT2D eigenvalue weighted by Gasteiger charge is 2.16. The number of halogens is 1. The van der Waals surface area contributed by atoms with Gasteiger partial charge in [-0.15, -0.1) is 0 Å². The Labute approximate surface area is 123 Å². The first-order valence-electron chi connectivity index (χ1n) is 6.88. The van der Waals surface area contributed by atoms with Crippen LogP contribution in [0.5, 0.6) is 0 Å². The molecule has 0 spiro atoms. The molecule has 0 saturated carbocycles. The Bertz CT molecular complexity index is 609. The van der Waals surface area contributed by atoms with Crippen molar-refractivity contribution in [3.05, 3.63) is 35.4 Å². The number of aromatic nitrogens is 2. The van der Waals surface area contributed by atoms with Crippen LogP contribution in [0, 0.1) is 0 Å². The van der Waals surface area contributed by atoms with Crippen LogP contribution in [0.15, 0.2) is 30.3 Å². The van der Waals surface area contributed by atoms with Crippen LogP contribution in [0.25, 0.3) is 11.3 Å². The van der Waals surface area contributed by atoms with Crippen LogP contribution >= 0.6 is 11.6 Å². The van der Waals surface area contributed by atoms with Crippen molar-refractivity contribution >= 4 is 23.4 Å². The molecule has 1 saturated heterocycles. The van der Waals surface area contributed by atoms with Crippen LogP contribution in [0.2, 0.25) is 5.02 Å². The fourth-order valence-electron chi connectivity index (χ4n) is 2.50. The van der Waals surface area contributed by atoms with Crippen LogP contribution < -0.4 is 10.6 Å². The van der Waals surface area contributed by atoms with E-state index in [2.05, 4.69) is 14.9 Å². The molecule has 5 heteroatoms. The molecular formula is C15H17ClN4. The second-order valence-corrected chi connectivity index (χ2v) is 5.41. The molecule has 20 heavy (non-hydrogen) atoms. The second-order valence-electron chi connectivity index (χ2n) is 5.01. The van der Waals surface area contributed by atoms with Crippen molar-refractivity contribution in [3.63, 3.8) is 0 Å². The summed E-state index contributed by atoms with van der Waals surface area (Å²) >= 11 is 6.23. The Balaban J connectivity index is 2.00. The second kappa shape index (κ2) is 5.67. The minimum atomic E-state index is 0.482. The van der Waals surface area contributed by atoms with Gasteiger partial charge in [-0.2, -0.15) is 4.98 Å². The molecule has 2 heterocycles. The maximum Gasteiger partial charge on any atom is 0.227 e. The van der Waals surface area contributed by atoms with Gasteiger partial charge in [-0.1, -0.05) is 29.8 Å². The first-order chi connectivity index (χ1) is 9.74. The third-order valence-corrected chi connectivity index (χ3v) is 3.85.